The third-order valence-corrected chi connectivity index (χ3v) is 4.59. The molecule has 2 saturated heterocycles. The molecule has 0 aromatic carbocycles. The summed E-state index contributed by atoms with van der Waals surface area (Å²) in [6.07, 6.45) is -1.09. The number of rotatable bonds is 3. The minimum Gasteiger partial charge on any atom is -0.375 e. The van der Waals surface area contributed by atoms with E-state index in [0.717, 1.165) is 19.4 Å². The first kappa shape index (κ1) is 19.0. The predicted molar refractivity (Wildman–Crippen MR) is 88.7 cm³/mol. The summed E-state index contributed by atoms with van der Waals surface area (Å²) in [5.41, 5.74) is -0.785. The van der Waals surface area contributed by atoms with Gasteiger partial charge >= 0.3 is 6.18 Å². The van der Waals surface area contributed by atoms with Crippen LogP contribution < -0.4 is 5.32 Å². The lowest BCUT2D eigenvalue weighted by Gasteiger charge is -2.37. The lowest BCUT2D eigenvalue weighted by Crippen LogP contribution is -2.53. The fraction of sp³-hybridized carbons (Fsp3) is 0.750. The molecule has 0 aliphatic carbocycles. The van der Waals surface area contributed by atoms with Crippen molar-refractivity contribution in [3.05, 3.63) is 17.5 Å². The molecule has 10 heteroatoms. The fourth-order valence-electron chi connectivity index (χ4n) is 3.40. The van der Waals surface area contributed by atoms with Crippen molar-refractivity contribution in [1.29, 1.82) is 0 Å². The van der Waals surface area contributed by atoms with Crippen LogP contribution >= 0.6 is 0 Å². The van der Waals surface area contributed by atoms with E-state index in [1.54, 1.807) is 7.05 Å². The Bertz CT molecular complexity index is 640. The number of guanidine groups is 1. The topological polar surface area (TPSA) is 63.9 Å². The molecule has 2 atom stereocenters. The Morgan fingerprint density at radius 2 is 2.12 bits per heavy atom. The average Bonchev–Trinajstić information content (AvgIpc) is 3.25. The molecule has 26 heavy (non-hydrogen) atoms. The van der Waals surface area contributed by atoms with Gasteiger partial charge in [-0.1, -0.05) is 0 Å². The molecule has 3 heterocycles. The zero-order chi connectivity index (χ0) is 18.7. The highest BCUT2D eigenvalue weighted by molar-refractivity contribution is 5.80. The van der Waals surface area contributed by atoms with Crippen LogP contribution in [-0.4, -0.2) is 66.2 Å². The van der Waals surface area contributed by atoms with Gasteiger partial charge in [0.25, 0.3) is 0 Å². The third kappa shape index (κ3) is 4.29. The van der Waals surface area contributed by atoms with Gasteiger partial charge in [-0.15, -0.1) is 0 Å². The number of nitrogens with zero attached hydrogens (tertiary/aromatic N) is 4. The summed E-state index contributed by atoms with van der Waals surface area (Å²) in [6.45, 7) is 2.51. The first-order chi connectivity index (χ1) is 12.4. The van der Waals surface area contributed by atoms with Crippen molar-refractivity contribution in [2.75, 3.05) is 33.4 Å². The Labute approximate surface area is 150 Å². The molecule has 3 rings (SSSR count). The Balaban J connectivity index is 1.63. The average molecular weight is 375 g/mol. The van der Waals surface area contributed by atoms with Gasteiger partial charge in [-0.25, -0.2) is 0 Å². The maximum atomic E-state index is 13.1. The first-order valence-corrected chi connectivity index (χ1v) is 8.67. The molecule has 1 aromatic heterocycles. The second kappa shape index (κ2) is 7.83. The summed E-state index contributed by atoms with van der Waals surface area (Å²) in [7, 11) is 3.09. The van der Waals surface area contributed by atoms with Gasteiger partial charge in [-0.2, -0.15) is 18.3 Å². The second-order valence-electron chi connectivity index (χ2n) is 6.48. The van der Waals surface area contributed by atoms with Gasteiger partial charge in [0.15, 0.2) is 11.7 Å². The summed E-state index contributed by atoms with van der Waals surface area (Å²) in [5.74, 6) is 0.549. The molecule has 0 radical (unpaired) electrons. The van der Waals surface area contributed by atoms with Crippen molar-refractivity contribution in [3.8, 4) is 0 Å². The quantitative estimate of drug-likeness (QED) is 0.639. The molecular formula is C16H24F3N5O2. The van der Waals surface area contributed by atoms with Gasteiger partial charge in [-0.05, 0) is 12.8 Å². The van der Waals surface area contributed by atoms with Crippen LogP contribution in [0.1, 0.15) is 24.1 Å². The van der Waals surface area contributed by atoms with E-state index < -0.39 is 11.9 Å². The number of aryl methyl sites for hydroxylation is 1. The van der Waals surface area contributed by atoms with E-state index in [1.165, 1.54) is 17.9 Å². The molecule has 1 aromatic rings. The van der Waals surface area contributed by atoms with Crippen molar-refractivity contribution in [1.82, 2.24) is 20.0 Å². The van der Waals surface area contributed by atoms with Gasteiger partial charge in [0.2, 0.25) is 0 Å². The number of nitrogens with one attached hydrogen (secondary N) is 1. The maximum absolute atomic E-state index is 13.1. The van der Waals surface area contributed by atoms with Crippen molar-refractivity contribution >= 4 is 5.96 Å². The maximum Gasteiger partial charge on any atom is 0.435 e. The summed E-state index contributed by atoms with van der Waals surface area (Å²) in [4.78, 5) is 6.21. The highest BCUT2D eigenvalue weighted by Crippen LogP contribution is 2.30. The molecule has 2 fully saturated rings. The third-order valence-electron chi connectivity index (χ3n) is 4.59. The van der Waals surface area contributed by atoms with Gasteiger partial charge in [0, 0.05) is 52.1 Å². The zero-order valence-corrected chi connectivity index (χ0v) is 14.9. The smallest absolute Gasteiger partial charge is 0.375 e. The van der Waals surface area contributed by atoms with Gasteiger partial charge < -0.3 is 19.7 Å². The first-order valence-electron chi connectivity index (χ1n) is 8.67. The number of alkyl halides is 3. The highest BCUT2D eigenvalue weighted by Gasteiger charge is 2.37. The van der Waals surface area contributed by atoms with Crippen LogP contribution in [0.3, 0.4) is 0 Å². The van der Waals surface area contributed by atoms with E-state index in [9.17, 15) is 13.2 Å². The van der Waals surface area contributed by atoms with Gasteiger partial charge in [0.1, 0.15) is 6.10 Å². The van der Waals surface area contributed by atoms with Gasteiger partial charge in [0.05, 0.1) is 12.7 Å². The van der Waals surface area contributed by atoms with Crippen LogP contribution in [0.15, 0.2) is 11.2 Å². The Kier molecular flexibility index (Phi) is 5.71. The lowest BCUT2D eigenvalue weighted by atomic mass is 10.1. The monoisotopic (exact) mass is 375 g/mol. The lowest BCUT2D eigenvalue weighted by molar-refractivity contribution is -0.142. The number of halogens is 3. The molecule has 146 valence electrons. The zero-order valence-electron chi connectivity index (χ0n) is 14.9. The Hall–Kier alpha value is -1.81. The van der Waals surface area contributed by atoms with E-state index in [0.29, 0.717) is 25.7 Å². The predicted octanol–water partition coefficient (Wildman–Crippen LogP) is 1.39. The number of aliphatic imine (C=N–C) groups is 1. The molecule has 0 spiro atoms. The number of hydrogen-bond acceptors (Lipinski definition) is 4. The molecule has 2 aliphatic heterocycles. The number of aromatic nitrogens is 2. The Morgan fingerprint density at radius 1 is 1.35 bits per heavy atom. The van der Waals surface area contributed by atoms with E-state index in [-0.39, 0.29) is 24.3 Å². The van der Waals surface area contributed by atoms with Crippen molar-refractivity contribution < 1.29 is 22.6 Å². The molecule has 1 N–H and O–H groups in total. The van der Waals surface area contributed by atoms with Crippen LogP contribution in [0.4, 0.5) is 13.2 Å². The minimum atomic E-state index is -4.48. The molecule has 0 saturated carbocycles. The van der Waals surface area contributed by atoms with E-state index in [1.807, 2.05) is 4.90 Å². The molecule has 2 aliphatic rings. The summed E-state index contributed by atoms with van der Waals surface area (Å²) < 4.78 is 51.9. The number of hydrogen-bond donors (Lipinski definition) is 1. The van der Waals surface area contributed by atoms with Crippen LogP contribution in [0.2, 0.25) is 0 Å². The number of morpholine rings is 1. The van der Waals surface area contributed by atoms with E-state index >= 15 is 0 Å². The van der Waals surface area contributed by atoms with Gasteiger partial charge in [-0.3, -0.25) is 9.67 Å². The molecule has 2 unspecified atom stereocenters. The summed E-state index contributed by atoms with van der Waals surface area (Å²) in [6, 6.07) is 0. The fourth-order valence-corrected chi connectivity index (χ4v) is 3.40. The van der Waals surface area contributed by atoms with Crippen LogP contribution in [-0.2, 0) is 29.2 Å². The van der Waals surface area contributed by atoms with Crippen molar-refractivity contribution in [2.45, 2.75) is 37.8 Å². The van der Waals surface area contributed by atoms with Crippen LogP contribution in [0.25, 0.3) is 0 Å². The van der Waals surface area contributed by atoms with E-state index in [4.69, 9.17) is 9.47 Å². The summed E-state index contributed by atoms with van der Waals surface area (Å²) in [5, 5.41) is 6.54. The Morgan fingerprint density at radius 3 is 2.77 bits per heavy atom. The van der Waals surface area contributed by atoms with Crippen molar-refractivity contribution in [3.63, 3.8) is 0 Å². The highest BCUT2D eigenvalue weighted by atomic mass is 19.4. The standard InChI is InChI=1S/C16H24F3N5O2/c1-20-15(21-8-11-9-23(2)22-14(11)16(17,18)19)24-5-7-26-13(10-24)12-4-3-6-25-12/h9,12-13H,3-8,10H2,1-2H3,(H,20,21). The molecule has 0 bridgehead atoms. The molecule has 0 amide bonds. The van der Waals surface area contributed by atoms with Crippen molar-refractivity contribution in [2.24, 2.45) is 12.0 Å². The normalized spacial score (nSPS) is 25.0. The van der Waals surface area contributed by atoms with Crippen LogP contribution in [0, 0.1) is 0 Å². The summed E-state index contributed by atoms with van der Waals surface area (Å²) >= 11 is 0. The second-order valence-corrected chi connectivity index (χ2v) is 6.48. The minimum absolute atomic E-state index is 0.00267. The van der Waals surface area contributed by atoms with E-state index in [2.05, 4.69) is 15.4 Å². The molecule has 7 nitrogen and oxygen atoms in total. The van der Waals surface area contributed by atoms with Crippen LogP contribution in [0.5, 0.6) is 0 Å². The SMILES string of the molecule is CN=C(NCc1cn(C)nc1C(F)(F)F)N1CCOC(C2CCCO2)C1. The molecular weight excluding hydrogens is 351 g/mol. The largest absolute Gasteiger partial charge is 0.435 e. The number of ether oxygens (including phenoxy) is 2.